The highest BCUT2D eigenvalue weighted by Crippen LogP contribution is 2.42. The number of nitrogens with one attached hydrogen (secondary N) is 1. The van der Waals surface area contributed by atoms with Crippen molar-refractivity contribution in [3.8, 4) is 0 Å². The number of carbonyl (C=O) groups is 3. The lowest BCUT2D eigenvalue weighted by molar-refractivity contribution is -0.136. The number of dihydropyridines is 1. The van der Waals surface area contributed by atoms with Crippen LogP contribution in [-0.2, 0) is 19.1 Å². The second-order valence-corrected chi connectivity index (χ2v) is 6.37. The van der Waals surface area contributed by atoms with Gasteiger partial charge in [0.15, 0.2) is 5.78 Å². The van der Waals surface area contributed by atoms with Crippen LogP contribution in [-0.4, -0.2) is 31.9 Å². The predicted octanol–water partition coefficient (Wildman–Crippen LogP) is 2.61. The third-order valence-electron chi connectivity index (χ3n) is 4.85. The molecule has 1 aliphatic heterocycles. The molecule has 0 fully saturated rings. The summed E-state index contributed by atoms with van der Waals surface area (Å²) in [5.74, 6) is -1.37. The molecule has 1 heterocycles. The molecule has 6 heteroatoms. The van der Waals surface area contributed by atoms with Crippen LogP contribution in [0.4, 0.5) is 0 Å². The van der Waals surface area contributed by atoms with E-state index in [1.54, 1.807) is 24.3 Å². The standard InChI is InChI=1S/C20H21NO5/c1-11-16(20(24)26-3)17(18-14(21-11)5-4-6-15(18)22)12-7-9-13(10-8-12)19(23)25-2/h7-10,17,21H,4-6H2,1-3H3. The predicted molar refractivity (Wildman–Crippen MR) is 94.3 cm³/mol. The van der Waals surface area contributed by atoms with E-state index in [-0.39, 0.29) is 5.78 Å². The van der Waals surface area contributed by atoms with E-state index in [0.717, 1.165) is 24.1 Å². The van der Waals surface area contributed by atoms with Crippen LogP contribution in [0.3, 0.4) is 0 Å². The molecule has 0 saturated carbocycles. The number of carbonyl (C=O) groups excluding carboxylic acids is 3. The normalized spacial score (nSPS) is 19.7. The Balaban J connectivity index is 2.12. The second-order valence-electron chi connectivity index (χ2n) is 6.37. The topological polar surface area (TPSA) is 81.7 Å². The number of hydrogen-bond donors (Lipinski definition) is 1. The van der Waals surface area contributed by atoms with E-state index in [4.69, 9.17) is 9.47 Å². The van der Waals surface area contributed by atoms with E-state index < -0.39 is 17.9 Å². The number of Topliss-reactive ketones (excluding diaryl/α,β-unsaturated/α-hetero) is 1. The van der Waals surface area contributed by atoms with Crippen LogP contribution in [0.5, 0.6) is 0 Å². The van der Waals surface area contributed by atoms with E-state index in [9.17, 15) is 14.4 Å². The Morgan fingerprint density at radius 3 is 2.31 bits per heavy atom. The summed E-state index contributed by atoms with van der Waals surface area (Å²) in [6.45, 7) is 1.81. The molecular weight excluding hydrogens is 334 g/mol. The van der Waals surface area contributed by atoms with Gasteiger partial charge in [0.1, 0.15) is 0 Å². The van der Waals surface area contributed by atoms with Crippen molar-refractivity contribution in [3.05, 3.63) is 57.9 Å². The molecule has 136 valence electrons. The summed E-state index contributed by atoms with van der Waals surface area (Å²) in [4.78, 5) is 36.8. The Hall–Kier alpha value is -2.89. The third kappa shape index (κ3) is 3.03. The minimum atomic E-state index is -0.502. The van der Waals surface area contributed by atoms with E-state index in [0.29, 0.717) is 28.8 Å². The maximum absolute atomic E-state index is 12.7. The summed E-state index contributed by atoms with van der Waals surface area (Å²) in [5.41, 5.74) is 3.78. The van der Waals surface area contributed by atoms with Crippen LogP contribution in [0.15, 0.2) is 46.8 Å². The first-order valence-electron chi connectivity index (χ1n) is 8.48. The van der Waals surface area contributed by atoms with Crippen LogP contribution < -0.4 is 5.32 Å². The molecule has 0 saturated heterocycles. The highest BCUT2D eigenvalue weighted by atomic mass is 16.5. The minimum absolute atomic E-state index is 0.0368. The molecule has 1 aliphatic carbocycles. The maximum Gasteiger partial charge on any atom is 0.337 e. The molecule has 6 nitrogen and oxygen atoms in total. The third-order valence-corrected chi connectivity index (χ3v) is 4.85. The van der Waals surface area contributed by atoms with E-state index in [1.807, 2.05) is 6.92 Å². The second kappa shape index (κ2) is 7.15. The van der Waals surface area contributed by atoms with Gasteiger partial charge >= 0.3 is 11.9 Å². The van der Waals surface area contributed by atoms with Gasteiger partial charge in [0.05, 0.1) is 25.4 Å². The summed E-state index contributed by atoms with van der Waals surface area (Å²) >= 11 is 0. The molecule has 0 aromatic heterocycles. The minimum Gasteiger partial charge on any atom is -0.466 e. The molecule has 1 N–H and O–H groups in total. The average Bonchev–Trinajstić information content (AvgIpc) is 2.66. The van der Waals surface area contributed by atoms with Gasteiger partial charge < -0.3 is 14.8 Å². The molecule has 0 bridgehead atoms. The van der Waals surface area contributed by atoms with Gasteiger partial charge in [-0.1, -0.05) is 12.1 Å². The first-order chi connectivity index (χ1) is 12.5. The largest absolute Gasteiger partial charge is 0.466 e. The fourth-order valence-electron chi connectivity index (χ4n) is 3.63. The number of rotatable bonds is 3. The first kappa shape index (κ1) is 17.9. The maximum atomic E-state index is 12.7. The molecule has 2 aliphatic rings. The van der Waals surface area contributed by atoms with Gasteiger partial charge in [-0.25, -0.2) is 9.59 Å². The summed E-state index contributed by atoms with van der Waals surface area (Å²) < 4.78 is 9.68. The molecule has 0 spiro atoms. The summed E-state index contributed by atoms with van der Waals surface area (Å²) in [6.07, 6.45) is 2.02. The van der Waals surface area contributed by atoms with Gasteiger partial charge in [-0.15, -0.1) is 0 Å². The van der Waals surface area contributed by atoms with E-state index in [2.05, 4.69) is 5.32 Å². The van der Waals surface area contributed by atoms with E-state index >= 15 is 0 Å². The lowest BCUT2D eigenvalue weighted by Crippen LogP contribution is -2.34. The zero-order valence-electron chi connectivity index (χ0n) is 15.0. The van der Waals surface area contributed by atoms with Crippen molar-refractivity contribution < 1.29 is 23.9 Å². The summed E-state index contributed by atoms with van der Waals surface area (Å²) in [5, 5.41) is 3.22. The Morgan fingerprint density at radius 1 is 1.04 bits per heavy atom. The van der Waals surface area contributed by atoms with E-state index in [1.165, 1.54) is 14.2 Å². The molecule has 1 atom stereocenters. The van der Waals surface area contributed by atoms with Crippen molar-refractivity contribution in [1.29, 1.82) is 0 Å². The van der Waals surface area contributed by atoms with Crippen molar-refractivity contribution >= 4 is 17.7 Å². The van der Waals surface area contributed by atoms with Crippen LogP contribution >= 0.6 is 0 Å². The van der Waals surface area contributed by atoms with Crippen LogP contribution in [0.25, 0.3) is 0 Å². The van der Waals surface area contributed by atoms with Gasteiger partial charge in [0.2, 0.25) is 0 Å². The average molecular weight is 355 g/mol. The van der Waals surface area contributed by atoms with Gasteiger partial charge in [0, 0.05) is 29.3 Å². The van der Waals surface area contributed by atoms with Crippen LogP contribution in [0.2, 0.25) is 0 Å². The number of ether oxygens (including phenoxy) is 2. The molecule has 1 aromatic carbocycles. The summed E-state index contributed by atoms with van der Waals surface area (Å²) in [6, 6.07) is 6.79. The Labute approximate surface area is 151 Å². The Morgan fingerprint density at radius 2 is 1.69 bits per heavy atom. The molecular formula is C20H21NO5. The fraction of sp³-hybridized carbons (Fsp3) is 0.350. The van der Waals surface area contributed by atoms with Crippen molar-refractivity contribution in [2.45, 2.75) is 32.1 Å². The highest BCUT2D eigenvalue weighted by molar-refractivity contribution is 6.03. The molecule has 1 unspecified atom stereocenters. The quantitative estimate of drug-likeness (QED) is 0.840. The monoisotopic (exact) mass is 355 g/mol. The van der Waals surface area contributed by atoms with Crippen molar-refractivity contribution in [1.82, 2.24) is 5.32 Å². The molecule has 1 aromatic rings. The number of benzene rings is 1. The Kier molecular flexibility index (Phi) is 4.93. The van der Waals surface area contributed by atoms with Gasteiger partial charge in [-0.05, 0) is 37.5 Å². The molecule has 0 amide bonds. The molecule has 26 heavy (non-hydrogen) atoms. The number of esters is 2. The number of ketones is 1. The van der Waals surface area contributed by atoms with Crippen LogP contribution in [0, 0.1) is 0 Å². The number of hydrogen-bond acceptors (Lipinski definition) is 6. The van der Waals surface area contributed by atoms with Gasteiger partial charge in [-0.3, -0.25) is 4.79 Å². The lowest BCUT2D eigenvalue weighted by atomic mass is 9.75. The summed E-state index contributed by atoms with van der Waals surface area (Å²) in [7, 11) is 2.65. The number of methoxy groups -OCH3 is 2. The Bertz CT molecular complexity index is 832. The lowest BCUT2D eigenvalue weighted by Gasteiger charge is -2.34. The zero-order chi connectivity index (χ0) is 18.8. The zero-order valence-corrected chi connectivity index (χ0v) is 15.0. The van der Waals surface area contributed by atoms with Gasteiger partial charge in [0.25, 0.3) is 0 Å². The van der Waals surface area contributed by atoms with Crippen molar-refractivity contribution in [3.63, 3.8) is 0 Å². The highest BCUT2D eigenvalue weighted by Gasteiger charge is 2.38. The van der Waals surface area contributed by atoms with Crippen LogP contribution in [0.1, 0.15) is 48.0 Å². The van der Waals surface area contributed by atoms with Crippen molar-refractivity contribution in [2.75, 3.05) is 14.2 Å². The fourth-order valence-corrected chi connectivity index (χ4v) is 3.63. The first-order valence-corrected chi connectivity index (χ1v) is 8.48. The van der Waals surface area contributed by atoms with Gasteiger partial charge in [-0.2, -0.15) is 0 Å². The SMILES string of the molecule is COC(=O)C1=C(C)NC2=C(C(=O)CCC2)C1c1ccc(C(=O)OC)cc1. The van der Waals surface area contributed by atoms with Crippen molar-refractivity contribution in [2.24, 2.45) is 0 Å². The smallest absolute Gasteiger partial charge is 0.337 e. The molecule has 3 rings (SSSR count). The number of allylic oxidation sites excluding steroid dienone is 3. The molecule has 0 radical (unpaired) electrons.